The first-order valence-corrected chi connectivity index (χ1v) is 8.17. The minimum Gasteiger partial charge on any atom is -0.331 e. The molecule has 2 aromatic heterocycles. The van der Waals surface area contributed by atoms with Crippen LogP contribution in [0.25, 0.3) is 11.3 Å². The van der Waals surface area contributed by atoms with Gasteiger partial charge in [-0.2, -0.15) is 0 Å². The van der Waals surface area contributed by atoms with Crippen LogP contribution in [-0.4, -0.2) is 39.3 Å². The number of aromatic nitrogens is 2. The molecule has 3 rings (SSSR count). The van der Waals surface area contributed by atoms with E-state index in [9.17, 15) is 9.59 Å². The molecule has 6 heteroatoms. The van der Waals surface area contributed by atoms with Crippen molar-refractivity contribution < 1.29 is 9.59 Å². The lowest BCUT2D eigenvalue weighted by molar-refractivity contribution is -0.135. The van der Waals surface area contributed by atoms with Crippen LogP contribution in [0.5, 0.6) is 0 Å². The molecule has 0 unspecified atom stereocenters. The third-order valence-corrected chi connectivity index (χ3v) is 4.15. The van der Waals surface area contributed by atoms with Crippen molar-refractivity contribution in [3.8, 4) is 11.3 Å². The van der Waals surface area contributed by atoms with E-state index in [1.54, 1.807) is 23.4 Å². The molecule has 0 aliphatic carbocycles. The number of carbonyl (C=O) groups is 2. The average molecular weight is 324 g/mol. The summed E-state index contributed by atoms with van der Waals surface area (Å²) >= 11 is 0. The van der Waals surface area contributed by atoms with E-state index in [-0.39, 0.29) is 11.8 Å². The highest BCUT2D eigenvalue weighted by atomic mass is 16.2. The Morgan fingerprint density at radius 1 is 1.29 bits per heavy atom. The van der Waals surface area contributed by atoms with Gasteiger partial charge in [-0.1, -0.05) is 13.0 Å². The van der Waals surface area contributed by atoms with E-state index in [4.69, 9.17) is 0 Å². The number of pyridine rings is 2. The van der Waals surface area contributed by atoms with Gasteiger partial charge in [-0.05, 0) is 37.1 Å². The highest BCUT2D eigenvalue weighted by Crippen LogP contribution is 2.19. The van der Waals surface area contributed by atoms with Crippen LogP contribution in [-0.2, 0) is 9.59 Å². The molecule has 0 spiro atoms. The molecule has 1 aliphatic heterocycles. The third kappa shape index (κ3) is 3.42. The van der Waals surface area contributed by atoms with Crippen LogP contribution in [0.15, 0.2) is 42.7 Å². The Labute approximate surface area is 140 Å². The SMILES string of the molecule is CC[C@H](C(=O)Nc1ccc(-c2ccccn2)cn1)N1CCCC1=O. The van der Waals surface area contributed by atoms with E-state index in [0.29, 0.717) is 25.2 Å². The van der Waals surface area contributed by atoms with Gasteiger partial charge < -0.3 is 10.2 Å². The largest absolute Gasteiger partial charge is 0.331 e. The predicted octanol–water partition coefficient (Wildman–Crippen LogP) is 2.48. The highest BCUT2D eigenvalue weighted by Gasteiger charge is 2.31. The Morgan fingerprint density at radius 3 is 2.75 bits per heavy atom. The van der Waals surface area contributed by atoms with Crippen LogP contribution in [0.3, 0.4) is 0 Å². The van der Waals surface area contributed by atoms with Crippen molar-refractivity contribution in [2.24, 2.45) is 0 Å². The Morgan fingerprint density at radius 2 is 2.17 bits per heavy atom. The molecule has 2 aromatic rings. The molecule has 0 bridgehead atoms. The molecule has 1 saturated heterocycles. The molecule has 0 saturated carbocycles. The molecule has 1 fully saturated rings. The molecule has 6 nitrogen and oxygen atoms in total. The van der Waals surface area contributed by atoms with E-state index in [0.717, 1.165) is 17.7 Å². The highest BCUT2D eigenvalue weighted by molar-refractivity contribution is 5.97. The van der Waals surface area contributed by atoms with Crippen LogP contribution in [0.1, 0.15) is 26.2 Å². The Kier molecular flexibility index (Phi) is 4.84. The second-order valence-corrected chi connectivity index (χ2v) is 5.75. The van der Waals surface area contributed by atoms with Crippen molar-refractivity contribution in [3.05, 3.63) is 42.7 Å². The number of likely N-dealkylation sites (tertiary alicyclic amines) is 1. The number of hydrogen-bond donors (Lipinski definition) is 1. The summed E-state index contributed by atoms with van der Waals surface area (Å²) in [7, 11) is 0. The van der Waals surface area contributed by atoms with Gasteiger partial charge in [0.05, 0.1) is 5.69 Å². The second kappa shape index (κ2) is 7.21. The van der Waals surface area contributed by atoms with Crippen LogP contribution in [0, 0.1) is 0 Å². The fourth-order valence-electron chi connectivity index (χ4n) is 2.91. The summed E-state index contributed by atoms with van der Waals surface area (Å²) in [4.78, 5) is 34.5. The lowest BCUT2D eigenvalue weighted by atomic mass is 10.1. The van der Waals surface area contributed by atoms with Crippen molar-refractivity contribution in [3.63, 3.8) is 0 Å². The molecule has 124 valence electrons. The van der Waals surface area contributed by atoms with E-state index >= 15 is 0 Å². The lowest BCUT2D eigenvalue weighted by Crippen LogP contribution is -2.44. The van der Waals surface area contributed by atoms with E-state index in [2.05, 4.69) is 15.3 Å². The van der Waals surface area contributed by atoms with Gasteiger partial charge in [0.25, 0.3) is 0 Å². The number of anilines is 1. The number of nitrogens with one attached hydrogen (secondary N) is 1. The van der Waals surface area contributed by atoms with Crippen molar-refractivity contribution in [1.82, 2.24) is 14.9 Å². The smallest absolute Gasteiger partial charge is 0.248 e. The molecule has 0 aromatic carbocycles. The fraction of sp³-hybridized carbons (Fsp3) is 0.333. The molecule has 2 amide bonds. The molecule has 24 heavy (non-hydrogen) atoms. The maximum atomic E-state index is 12.5. The van der Waals surface area contributed by atoms with Gasteiger partial charge in [-0.15, -0.1) is 0 Å². The number of nitrogens with zero attached hydrogens (tertiary/aromatic N) is 3. The summed E-state index contributed by atoms with van der Waals surface area (Å²) in [5, 5.41) is 2.80. The summed E-state index contributed by atoms with van der Waals surface area (Å²) in [5.41, 5.74) is 1.72. The summed E-state index contributed by atoms with van der Waals surface area (Å²) in [5.74, 6) is 0.339. The van der Waals surface area contributed by atoms with Crippen LogP contribution < -0.4 is 5.32 Å². The zero-order valence-corrected chi connectivity index (χ0v) is 13.6. The van der Waals surface area contributed by atoms with Crippen LogP contribution >= 0.6 is 0 Å². The molecule has 0 radical (unpaired) electrons. The van der Waals surface area contributed by atoms with Gasteiger partial charge in [0.2, 0.25) is 11.8 Å². The standard InChI is InChI=1S/C18H20N4O2/c1-2-15(22-11-5-7-17(22)23)18(24)21-16-9-8-13(12-20-16)14-6-3-4-10-19-14/h3-4,6,8-10,12,15H,2,5,7,11H2,1H3,(H,20,21,24)/t15-/m1/s1. The summed E-state index contributed by atoms with van der Waals surface area (Å²) in [6, 6.07) is 8.86. The third-order valence-electron chi connectivity index (χ3n) is 4.15. The van der Waals surface area contributed by atoms with Crippen LogP contribution in [0.2, 0.25) is 0 Å². The number of rotatable bonds is 5. The number of hydrogen-bond acceptors (Lipinski definition) is 4. The van der Waals surface area contributed by atoms with E-state index < -0.39 is 6.04 Å². The number of carbonyl (C=O) groups excluding carboxylic acids is 2. The van der Waals surface area contributed by atoms with Gasteiger partial charge in [0, 0.05) is 30.9 Å². The first-order chi connectivity index (χ1) is 11.7. The Balaban J connectivity index is 1.69. The zero-order chi connectivity index (χ0) is 16.9. The second-order valence-electron chi connectivity index (χ2n) is 5.75. The van der Waals surface area contributed by atoms with Gasteiger partial charge in [-0.3, -0.25) is 14.6 Å². The summed E-state index contributed by atoms with van der Waals surface area (Å²) in [6.45, 7) is 2.56. The van der Waals surface area contributed by atoms with Crippen molar-refractivity contribution in [1.29, 1.82) is 0 Å². The van der Waals surface area contributed by atoms with E-state index in [1.807, 2.05) is 31.2 Å². The summed E-state index contributed by atoms with van der Waals surface area (Å²) in [6.07, 6.45) is 5.34. The molecule has 1 aliphatic rings. The Bertz CT molecular complexity index is 716. The minimum atomic E-state index is -0.433. The quantitative estimate of drug-likeness (QED) is 0.917. The van der Waals surface area contributed by atoms with Gasteiger partial charge >= 0.3 is 0 Å². The fourth-order valence-corrected chi connectivity index (χ4v) is 2.91. The normalized spacial score (nSPS) is 15.4. The Hall–Kier alpha value is -2.76. The van der Waals surface area contributed by atoms with Crippen molar-refractivity contribution in [2.75, 3.05) is 11.9 Å². The van der Waals surface area contributed by atoms with Gasteiger partial charge in [0.1, 0.15) is 11.9 Å². The van der Waals surface area contributed by atoms with Gasteiger partial charge in [-0.25, -0.2) is 4.98 Å². The van der Waals surface area contributed by atoms with E-state index in [1.165, 1.54) is 0 Å². The van der Waals surface area contributed by atoms with Crippen molar-refractivity contribution in [2.45, 2.75) is 32.2 Å². The minimum absolute atomic E-state index is 0.0514. The molecule has 1 atom stereocenters. The summed E-state index contributed by atoms with van der Waals surface area (Å²) < 4.78 is 0. The first kappa shape index (κ1) is 16.1. The maximum absolute atomic E-state index is 12.5. The first-order valence-electron chi connectivity index (χ1n) is 8.17. The van der Waals surface area contributed by atoms with Crippen molar-refractivity contribution >= 4 is 17.6 Å². The van der Waals surface area contributed by atoms with Gasteiger partial charge in [0.15, 0.2) is 0 Å². The molecule has 1 N–H and O–H groups in total. The predicted molar refractivity (Wildman–Crippen MR) is 91.1 cm³/mol. The lowest BCUT2D eigenvalue weighted by Gasteiger charge is -2.25. The molecular formula is C18H20N4O2. The molecular weight excluding hydrogens is 304 g/mol. The number of amides is 2. The molecule has 3 heterocycles. The topological polar surface area (TPSA) is 75.2 Å². The monoisotopic (exact) mass is 324 g/mol. The zero-order valence-electron chi connectivity index (χ0n) is 13.6. The maximum Gasteiger partial charge on any atom is 0.248 e. The average Bonchev–Trinajstić information content (AvgIpc) is 3.03. The van der Waals surface area contributed by atoms with Crippen LogP contribution in [0.4, 0.5) is 5.82 Å².